The van der Waals surface area contributed by atoms with Crippen LogP contribution >= 0.6 is 0 Å². The molecule has 202 valence electrons. The van der Waals surface area contributed by atoms with Crippen molar-refractivity contribution in [2.24, 2.45) is 0 Å². The molecule has 11 heteroatoms. The molecule has 3 aromatic heterocycles. The Morgan fingerprint density at radius 1 is 0.921 bits per heavy atom. The van der Waals surface area contributed by atoms with Crippen LogP contribution in [0.2, 0.25) is 0 Å². The van der Waals surface area contributed by atoms with E-state index in [1.165, 1.54) is 6.20 Å². The van der Waals surface area contributed by atoms with E-state index in [-0.39, 0.29) is 24.0 Å². The number of fused-ring (bicyclic) bond motifs is 1. The summed E-state index contributed by atoms with van der Waals surface area (Å²) in [6.45, 7) is 4.90. The summed E-state index contributed by atoms with van der Waals surface area (Å²) in [5.74, 6) is 2.79. The van der Waals surface area contributed by atoms with E-state index in [1.807, 2.05) is 6.07 Å². The van der Waals surface area contributed by atoms with E-state index in [0.717, 1.165) is 75.0 Å². The summed E-state index contributed by atoms with van der Waals surface area (Å²) < 4.78 is 17.9. The summed E-state index contributed by atoms with van der Waals surface area (Å²) in [5, 5.41) is 14.2. The number of rotatable bonds is 7. The third kappa shape index (κ3) is 5.83. The van der Waals surface area contributed by atoms with E-state index >= 15 is 0 Å². The first-order valence-electron chi connectivity index (χ1n) is 13.5. The van der Waals surface area contributed by atoms with Crippen LogP contribution in [0.25, 0.3) is 10.9 Å². The van der Waals surface area contributed by atoms with Crippen molar-refractivity contribution >= 4 is 22.7 Å². The molecule has 1 saturated carbocycles. The van der Waals surface area contributed by atoms with Crippen molar-refractivity contribution in [1.82, 2.24) is 24.8 Å². The number of aromatic nitrogens is 4. The second-order valence-corrected chi connectivity index (χ2v) is 10.4. The third-order valence-corrected chi connectivity index (χ3v) is 7.52. The van der Waals surface area contributed by atoms with Crippen LogP contribution in [0.5, 0.6) is 17.4 Å². The Morgan fingerprint density at radius 2 is 1.71 bits per heavy atom. The minimum absolute atomic E-state index is 0.0345. The molecular formula is C27H35N7O4. The highest BCUT2D eigenvalue weighted by Gasteiger charge is 2.26. The van der Waals surface area contributed by atoms with Gasteiger partial charge in [-0.2, -0.15) is 4.98 Å². The quantitative estimate of drug-likeness (QED) is 0.478. The standard InChI is InChI=1S/C27H35N7O4/c1-33-7-6-21(17-33)37-22-15-29-27(30-16-22)31-18-2-4-20(5-3-18)38-26-23-12-19(35)14-28-24(23)13-25(32-26)34-8-10-36-11-9-34/h12-16,18,20-21,35H,2-11,17H2,1H3,(H,29,30,31). The van der Waals surface area contributed by atoms with Gasteiger partial charge in [0.05, 0.1) is 42.7 Å². The van der Waals surface area contributed by atoms with Gasteiger partial charge in [0.2, 0.25) is 11.8 Å². The van der Waals surface area contributed by atoms with Crippen LogP contribution in [-0.4, -0.2) is 94.6 Å². The van der Waals surface area contributed by atoms with Gasteiger partial charge in [-0.1, -0.05) is 0 Å². The molecule has 11 nitrogen and oxygen atoms in total. The number of nitrogens with zero attached hydrogens (tertiary/aromatic N) is 6. The number of hydrogen-bond donors (Lipinski definition) is 2. The van der Waals surface area contributed by atoms with Gasteiger partial charge in [-0.25, -0.2) is 9.97 Å². The van der Waals surface area contributed by atoms with Crippen LogP contribution in [-0.2, 0) is 4.74 Å². The zero-order valence-corrected chi connectivity index (χ0v) is 21.8. The first-order chi connectivity index (χ1) is 18.6. The first kappa shape index (κ1) is 24.9. The Morgan fingerprint density at radius 3 is 2.45 bits per heavy atom. The predicted molar refractivity (Wildman–Crippen MR) is 143 cm³/mol. The van der Waals surface area contributed by atoms with Crippen LogP contribution in [0.15, 0.2) is 30.7 Å². The highest BCUT2D eigenvalue weighted by Crippen LogP contribution is 2.33. The number of aromatic hydroxyl groups is 1. The van der Waals surface area contributed by atoms with Gasteiger partial charge in [0.15, 0.2) is 5.75 Å². The Hall–Kier alpha value is -3.44. The number of hydrogen-bond acceptors (Lipinski definition) is 11. The van der Waals surface area contributed by atoms with Crippen molar-refractivity contribution in [1.29, 1.82) is 0 Å². The normalized spacial score (nSPS) is 24.4. The number of likely N-dealkylation sites (N-methyl/N-ethyl adjacent to an activating group) is 1. The fraction of sp³-hybridized carbons (Fsp3) is 0.556. The van der Waals surface area contributed by atoms with Crippen molar-refractivity contribution in [3.8, 4) is 17.4 Å². The van der Waals surface area contributed by atoms with Crippen molar-refractivity contribution in [2.45, 2.75) is 50.4 Å². The summed E-state index contributed by atoms with van der Waals surface area (Å²) in [6.07, 6.45) is 9.87. The van der Waals surface area contributed by atoms with Gasteiger partial charge in [0.1, 0.15) is 23.8 Å². The SMILES string of the molecule is CN1CCC(Oc2cnc(NC3CCC(Oc4nc(N5CCOCC5)cc5ncc(O)cc45)CC3)nc2)C1. The van der Waals surface area contributed by atoms with Gasteiger partial charge in [0, 0.05) is 38.3 Å². The molecule has 2 aliphatic heterocycles. The average Bonchev–Trinajstić information content (AvgIpc) is 3.35. The molecule has 3 aliphatic rings. The lowest BCUT2D eigenvalue weighted by molar-refractivity contribution is 0.122. The van der Waals surface area contributed by atoms with Crippen molar-refractivity contribution in [2.75, 3.05) is 56.7 Å². The van der Waals surface area contributed by atoms with Gasteiger partial charge in [0.25, 0.3) is 0 Å². The van der Waals surface area contributed by atoms with Gasteiger partial charge in [-0.15, -0.1) is 0 Å². The molecule has 1 unspecified atom stereocenters. The second kappa shape index (κ2) is 11.1. The largest absolute Gasteiger partial charge is 0.506 e. The number of pyridine rings is 2. The molecule has 0 spiro atoms. The highest BCUT2D eigenvalue weighted by atomic mass is 16.5. The Labute approximate surface area is 222 Å². The topological polar surface area (TPSA) is 118 Å². The summed E-state index contributed by atoms with van der Waals surface area (Å²) in [5.41, 5.74) is 0.758. The number of likely N-dealkylation sites (tertiary alicyclic amines) is 1. The molecule has 6 rings (SSSR count). The summed E-state index contributed by atoms with van der Waals surface area (Å²) >= 11 is 0. The van der Waals surface area contributed by atoms with Crippen molar-refractivity contribution in [3.63, 3.8) is 0 Å². The van der Waals surface area contributed by atoms with Crippen LogP contribution < -0.4 is 19.7 Å². The Kier molecular flexibility index (Phi) is 7.28. The molecule has 3 fully saturated rings. The van der Waals surface area contributed by atoms with Gasteiger partial charge < -0.3 is 34.4 Å². The maximum atomic E-state index is 10.0. The molecule has 0 bridgehead atoms. The monoisotopic (exact) mass is 521 g/mol. The lowest BCUT2D eigenvalue weighted by atomic mass is 9.93. The van der Waals surface area contributed by atoms with Gasteiger partial charge in [-0.05, 0) is 45.2 Å². The summed E-state index contributed by atoms with van der Waals surface area (Å²) in [4.78, 5) is 22.7. The van der Waals surface area contributed by atoms with E-state index in [9.17, 15) is 5.11 Å². The zero-order chi connectivity index (χ0) is 25.9. The molecule has 2 saturated heterocycles. The third-order valence-electron chi connectivity index (χ3n) is 7.52. The van der Waals surface area contributed by atoms with Crippen LogP contribution in [0.1, 0.15) is 32.1 Å². The van der Waals surface area contributed by atoms with E-state index in [2.05, 4.69) is 37.1 Å². The molecule has 38 heavy (non-hydrogen) atoms. The lowest BCUT2D eigenvalue weighted by Gasteiger charge is -2.31. The molecule has 0 radical (unpaired) electrons. The molecule has 5 heterocycles. The van der Waals surface area contributed by atoms with Crippen molar-refractivity contribution < 1.29 is 19.3 Å². The fourth-order valence-electron chi connectivity index (χ4n) is 5.41. The average molecular weight is 522 g/mol. The summed E-state index contributed by atoms with van der Waals surface area (Å²) in [7, 11) is 2.11. The maximum absolute atomic E-state index is 10.0. The summed E-state index contributed by atoms with van der Waals surface area (Å²) in [6, 6.07) is 3.91. The second-order valence-electron chi connectivity index (χ2n) is 10.4. The highest BCUT2D eigenvalue weighted by molar-refractivity contribution is 5.86. The lowest BCUT2D eigenvalue weighted by Crippen LogP contribution is -2.37. The number of morpholine rings is 1. The maximum Gasteiger partial charge on any atom is 0.225 e. The van der Waals surface area contributed by atoms with Crippen LogP contribution in [0, 0.1) is 0 Å². The van der Waals surface area contributed by atoms with Crippen LogP contribution in [0.3, 0.4) is 0 Å². The molecule has 1 aliphatic carbocycles. The minimum Gasteiger partial charge on any atom is -0.506 e. The molecule has 3 aromatic rings. The van der Waals surface area contributed by atoms with E-state index in [1.54, 1.807) is 18.5 Å². The fourth-order valence-corrected chi connectivity index (χ4v) is 5.41. The molecular weight excluding hydrogens is 486 g/mol. The van der Waals surface area contributed by atoms with Gasteiger partial charge in [-0.3, -0.25) is 4.98 Å². The van der Waals surface area contributed by atoms with Gasteiger partial charge >= 0.3 is 0 Å². The predicted octanol–water partition coefficient (Wildman–Crippen LogP) is 2.85. The van der Waals surface area contributed by atoms with Crippen molar-refractivity contribution in [3.05, 3.63) is 30.7 Å². The molecule has 0 amide bonds. The van der Waals surface area contributed by atoms with E-state index in [4.69, 9.17) is 19.2 Å². The molecule has 0 aromatic carbocycles. The zero-order valence-electron chi connectivity index (χ0n) is 21.8. The minimum atomic E-state index is 0.0345. The first-order valence-corrected chi connectivity index (χ1v) is 13.5. The number of anilines is 2. The Bertz CT molecular complexity index is 1230. The molecule has 1 atom stereocenters. The smallest absolute Gasteiger partial charge is 0.225 e. The number of ether oxygens (including phenoxy) is 3. The number of nitrogens with one attached hydrogen (secondary N) is 1. The van der Waals surface area contributed by atoms with E-state index < -0.39 is 0 Å². The van der Waals surface area contributed by atoms with E-state index in [0.29, 0.717) is 30.8 Å². The van der Waals surface area contributed by atoms with Crippen LogP contribution in [0.4, 0.5) is 11.8 Å². The Balaban J connectivity index is 1.06. The molecule has 2 N–H and O–H groups in total.